The monoisotopic (exact) mass is 377 g/mol. The Morgan fingerprint density at radius 2 is 2.00 bits per heavy atom. The molecule has 4 bridgehead atoms. The van der Waals surface area contributed by atoms with Gasteiger partial charge in [-0.05, 0) is 69.6 Å². The second kappa shape index (κ2) is 4.62. The third kappa shape index (κ3) is 2.08. The summed E-state index contributed by atoms with van der Waals surface area (Å²) >= 11 is 4.01. The molecule has 0 aromatic carbocycles. The Hall–Kier alpha value is -0.840. The Kier molecular flexibility index (Phi) is 2.91. The highest BCUT2D eigenvalue weighted by Crippen LogP contribution is 2.64. The maximum absolute atomic E-state index is 13.3. The average molecular weight is 378 g/mol. The molecule has 0 spiro atoms. The van der Waals surface area contributed by atoms with Gasteiger partial charge in [0.15, 0.2) is 0 Å². The van der Waals surface area contributed by atoms with Crippen LogP contribution in [0.15, 0.2) is 0 Å². The summed E-state index contributed by atoms with van der Waals surface area (Å²) in [7, 11) is 1.96. The summed E-state index contributed by atoms with van der Waals surface area (Å²) in [6.45, 7) is 0. The Balaban J connectivity index is 1.45. The lowest BCUT2D eigenvalue weighted by Gasteiger charge is -2.59. The number of halogens is 1. The number of carbonyl (C=O) groups is 1. The summed E-state index contributed by atoms with van der Waals surface area (Å²) in [4.78, 5) is 13.3. The molecule has 4 fully saturated rings. The summed E-state index contributed by atoms with van der Waals surface area (Å²) in [5.41, 5.74) is 2.31. The summed E-state index contributed by atoms with van der Waals surface area (Å²) in [5, 5.41) is 7.90. The molecule has 6 rings (SSSR count). The highest BCUT2D eigenvalue weighted by Gasteiger charge is 2.59. The van der Waals surface area contributed by atoms with Crippen molar-refractivity contribution >= 4 is 27.7 Å². The van der Waals surface area contributed by atoms with Crippen molar-refractivity contribution < 1.29 is 4.79 Å². The van der Waals surface area contributed by atoms with Crippen molar-refractivity contribution in [2.45, 2.75) is 62.1 Å². The summed E-state index contributed by atoms with van der Waals surface area (Å²) in [5.74, 6) is 2.69. The van der Waals surface area contributed by atoms with Crippen LogP contribution < -0.4 is 5.32 Å². The van der Waals surface area contributed by atoms with Gasteiger partial charge in [0, 0.05) is 16.9 Å². The predicted octanol–water partition coefficient (Wildman–Crippen LogP) is 3.58. The largest absolute Gasteiger partial charge is 0.310 e. The number of rotatable bonds is 2. The van der Waals surface area contributed by atoms with E-state index in [0.29, 0.717) is 0 Å². The first-order chi connectivity index (χ1) is 11.0. The first kappa shape index (κ1) is 14.5. The SMILES string of the molecule is Cn1nc2c(c1NC(=O)C13CC4CC(CC(Br)(C4)C1)C3)CCC2. The zero-order valence-electron chi connectivity index (χ0n) is 13.7. The van der Waals surface area contributed by atoms with Crippen LogP contribution in [0.3, 0.4) is 0 Å². The summed E-state index contributed by atoms with van der Waals surface area (Å²) < 4.78 is 2.11. The molecule has 1 amide bonds. The van der Waals surface area contributed by atoms with Gasteiger partial charge in [-0.1, -0.05) is 15.9 Å². The molecule has 124 valence electrons. The molecule has 5 heteroatoms. The van der Waals surface area contributed by atoms with Gasteiger partial charge in [0.2, 0.25) is 5.91 Å². The van der Waals surface area contributed by atoms with Crippen molar-refractivity contribution in [3.63, 3.8) is 0 Å². The number of anilines is 1. The number of amides is 1. The molecule has 1 heterocycles. The van der Waals surface area contributed by atoms with Crippen LogP contribution in [0.4, 0.5) is 5.82 Å². The fourth-order valence-corrected chi connectivity index (χ4v) is 7.78. The third-order valence-corrected chi connectivity index (χ3v) is 7.70. The molecule has 23 heavy (non-hydrogen) atoms. The van der Waals surface area contributed by atoms with Gasteiger partial charge in [-0.25, -0.2) is 0 Å². The van der Waals surface area contributed by atoms with E-state index in [-0.39, 0.29) is 15.6 Å². The lowest BCUT2D eigenvalue weighted by molar-refractivity contribution is -0.138. The van der Waals surface area contributed by atoms with Crippen molar-refractivity contribution in [3.05, 3.63) is 11.3 Å². The van der Waals surface area contributed by atoms with E-state index < -0.39 is 0 Å². The molecule has 1 aromatic rings. The summed E-state index contributed by atoms with van der Waals surface area (Å²) in [6, 6.07) is 0. The van der Waals surface area contributed by atoms with E-state index in [1.807, 2.05) is 11.7 Å². The molecule has 0 aliphatic heterocycles. The molecule has 4 nitrogen and oxygen atoms in total. The maximum atomic E-state index is 13.3. The van der Waals surface area contributed by atoms with Crippen molar-refractivity contribution in [1.29, 1.82) is 0 Å². The van der Waals surface area contributed by atoms with Gasteiger partial charge >= 0.3 is 0 Å². The van der Waals surface area contributed by atoms with Gasteiger partial charge in [-0.3, -0.25) is 9.48 Å². The van der Waals surface area contributed by atoms with Gasteiger partial charge in [-0.15, -0.1) is 0 Å². The van der Waals surface area contributed by atoms with Gasteiger partial charge in [-0.2, -0.15) is 5.10 Å². The Morgan fingerprint density at radius 3 is 2.70 bits per heavy atom. The number of nitrogens with one attached hydrogen (secondary N) is 1. The first-order valence-corrected chi connectivity index (χ1v) is 9.81. The molecule has 0 radical (unpaired) electrons. The highest BCUT2D eigenvalue weighted by molar-refractivity contribution is 9.10. The molecule has 0 saturated heterocycles. The average Bonchev–Trinajstić information content (AvgIpc) is 2.99. The number of carbonyl (C=O) groups excluding carboxylic acids is 1. The number of fused-ring (bicyclic) bond motifs is 1. The Bertz CT molecular complexity index is 681. The van der Waals surface area contributed by atoms with E-state index in [4.69, 9.17) is 0 Å². The maximum Gasteiger partial charge on any atom is 0.231 e. The Labute approximate surface area is 145 Å². The van der Waals surface area contributed by atoms with Crippen LogP contribution in [-0.2, 0) is 24.7 Å². The second-order valence-electron chi connectivity index (χ2n) is 8.60. The zero-order chi connectivity index (χ0) is 15.8. The van der Waals surface area contributed by atoms with E-state index in [9.17, 15) is 4.79 Å². The number of aryl methyl sites for hydroxylation is 2. The van der Waals surface area contributed by atoms with Crippen LogP contribution in [0.1, 0.15) is 56.2 Å². The first-order valence-electron chi connectivity index (χ1n) is 9.02. The number of nitrogens with zero attached hydrogens (tertiary/aromatic N) is 2. The highest BCUT2D eigenvalue weighted by atomic mass is 79.9. The minimum atomic E-state index is -0.149. The topological polar surface area (TPSA) is 46.9 Å². The van der Waals surface area contributed by atoms with Gasteiger partial charge in [0.05, 0.1) is 11.1 Å². The van der Waals surface area contributed by atoms with Crippen molar-refractivity contribution in [1.82, 2.24) is 9.78 Å². The minimum Gasteiger partial charge on any atom is -0.310 e. The molecule has 1 N–H and O–H groups in total. The van der Waals surface area contributed by atoms with E-state index in [2.05, 4.69) is 26.3 Å². The molecule has 5 aliphatic rings. The fraction of sp³-hybridized carbons (Fsp3) is 0.778. The van der Waals surface area contributed by atoms with Crippen molar-refractivity contribution in [2.24, 2.45) is 24.3 Å². The number of alkyl halides is 1. The van der Waals surface area contributed by atoms with Crippen LogP contribution in [0.5, 0.6) is 0 Å². The van der Waals surface area contributed by atoms with Crippen LogP contribution in [0.25, 0.3) is 0 Å². The van der Waals surface area contributed by atoms with Crippen LogP contribution in [0.2, 0.25) is 0 Å². The van der Waals surface area contributed by atoms with Crippen LogP contribution in [0, 0.1) is 17.3 Å². The van der Waals surface area contributed by atoms with Gasteiger partial charge in [0.1, 0.15) is 5.82 Å². The summed E-state index contributed by atoms with van der Waals surface area (Å²) in [6.07, 6.45) is 10.3. The van der Waals surface area contributed by atoms with Gasteiger partial charge < -0.3 is 5.32 Å². The normalized spacial score (nSPS) is 40.4. The fourth-order valence-electron chi connectivity index (χ4n) is 6.33. The molecule has 4 saturated carbocycles. The lowest BCUT2D eigenvalue weighted by atomic mass is 9.49. The third-order valence-electron chi connectivity index (χ3n) is 6.77. The molecular weight excluding hydrogens is 354 g/mol. The zero-order valence-corrected chi connectivity index (χ0v) is 15.3. The predicted molar refractivity (Wildman–Crippen MR) is 92.6 cm³/mol. The van der Waals surface area contributed by atoms with Crippen LogP contribution in [-0.4, -0.2) is 20.0 Å². The van der Waals surface area contributed by atoms with Crippen molar-refractivity contribution in [3.8, 4) is 0 Å². The minimum absolute atomic E-state index is 0.149. The quantitative estimate of drug-likeness (QED) is 0.800. The molecular formula is C18H24BrN3O. The van der Waals surface area contributed by atoms with E-state index >= 15 is 0 Å². The molecule has 5 aliphatic carbocycles. The molecule has 2 atom stereocenters. The smallest absolute Gasteiger partial charge is 0.231 e. The van der Waals surface area contributed by atoms with E-state index in [1.54, 1.807) is 0 Å². The molecule has 1 aromatic heterocycles. The number of hydrogen-bond acceptors (Lipinski definition) is 2. The van der Waals surface area contributed by atoms with E-state index in [0.717, 1.165) is 49.8 Å². The lowest BCUT2D eigenvalue weighted by Crippen LogP contribution is -2.57. The number of hydrogen-bond donors (Lipinski definition) is 1. The van der Waals surface area contributed by atoms with Crippen LogP contribution >= 0.6 is 15.9 Å². The Morgan fingerprint density at radius 1 is 1.26 bits per heavy atom. The van der Waals surface area contributed by atoms with Gasteiger partial charge in [0.25, 0.3) is 0 Å². The second-order valence-corrected chi connectivity index (χ2v) is 10.3. The van der Waals surface area contributed by atoms with Crippen molar-refractivity contribution in [2.75, 3.05) is 5.32 Å². The van der Waals surface area contributed by atoms with E-state index in [1.165, 1.54) is 36.9 Å². The molecule has 2 unspecified atom stereocenters. The standard InChI is InChI=1S/C18H24BrN3O/c1-22-15(13-3-2-4-14(13)21-22)20-16(23)17-6-11-5-12(7-17)9-18(19,8-11)10-17/h11-12H,2-10H2,1H3,(H,20,23). The number of aromatic nitrogens is 2.